The lowest BCUT2D eigenvalue weighted by atomic mass is 9.99. The number of alkyl halides is 2. The molecule has 1 aliphatic heterocycles. The van der Waals surface area contributed by atoms with Crippen molar-refractivity contribution in [1.29, 1.82) is 0 Å². The average Bonchev–Trinajstić information content (AvgIpc) is 3.45. The number of aromatic nitrogens is 5. The zero-order chi connectivity index (χ0) is 19.3. The van der Waals surface area contributed by atoms with Gasteiger partial charge in [-0.3, -0.25) is 4.79 Å². The van der Waals surface area contributed by atoms with E-state index >= 15 is 0 Å². The minimum absolute atomic E-state index is 0.0407. The van der Waals surface area contributed by atoms with Gasteiger partial charge in [0.2, 0.25) is 0 Å². The van der Waals surface area contributed by atoms with Gasteiger partial charge in [0, 0.05) is 30.4 Å². The number of pyridine rings is 1. The highest BCUT2D eigenvalue weighted by Crippen LogP contribution is 2.35. The average molecular weight is 384 g/mol. The highest BCUT2D eigenvalue weighted by molar-refractivity contribution is 5.90. The highest BCUT2D eigenvalue weighted by atomic mass is 19.3. The molecule has 1 amide bonds. The molecule has 0 aliphatic carbocycles. The van der Waals surface area contributed by atoms with Crippen LogP contribution in [0.25, 0.3) is 5.52 Å². The van der Waals surface area contributed by atoms with Crippen LogP contribution in [0.4, 0.5) is 8.78 Å². The number of hydrogen-bond donors (Lipinski definition) is 1. The van der Waals surface area contributed by atoms with Gasteiger partial charge in [0.1, 0.15) is 12.3 Å². The van der Waals surface area contributed by atoms with Crippen molar-refractivity contribution >= 4 is 11.4 Å². The molecule has 4 aromatic rings. The topological polar surface area (TPSA) is 92.3 Å². The Morgan fingerprint density at radius 1 is 1.36 bits per heavy atom. The summed E-state index contributed by atoms with van der Waals surface area (Å²) in [6, 6.07) is 3.81. The van der Waals surface area contributed by atoms with Crippen LogP contribution in [0.1, 0.15) is 45.8 Å². The molecular weight excluding hydrogens is 370 g/mol. The molecule has 0 bridgehead atoms. The summed E-state index contributed by atoms with van der Waals surface area (Å²) in [7, 11) is 0. The van der Waals surface area contributed by atoms with Gasteiger partial charge in [-0.05, 0) is 18.2 Å². The smallest absolute Gasteiger partial charge is 0.310 e. The Morgan fingerprint density at radius 3 is 3.04 bits per heavy atom. The first-order valence-corrected chi connectivity index (χ1v) is 8.62. The van der Waals surface area contributed by atoms with E-state index in [4.69, 9.17) is 4.42 Å². The lowest BCUT2D eigenvalue weighted by Crippen LogP contribution is -2.41. The zero-order valence-corrected chi connectivity index (χ0v) is 14.4. The summed E-state index contributed by atoms with van der Waals surface area (Å²) in [6.45, 7) is 0.386. The van der Waals surface area contributed by atoms with Crippen LogP contribution < -0.4 is 0 Å². The first-order valence-electron chi connectivity index (χ1n) is 8.62. The number of H-pyrrole nitrogens is 1. The molecule has 8 nitrogen and oxygen atoms in total. The van der Waals surface area contributed by atoms with E-state index in [-0.39, 0.29) is 11.5 Å². The molecular formula is C18H14F2N6O2. The van der Waals surface area contributed by atoms with Crippen molar-refractivity contribution < 1.29 is 18.0 Å². The number of nitrogens with zero attached hydrogens (tertiary/aromatic N) is 5. The largest absolute Gasteiger partial charge is 0.441 e. The molecule has 142 valence electrons. The van der Waals surface area contributed by atoms with E-state index < -0.39 is 18.4 Å². The molecule has 0 fully saturated rings. The van der Waals surface area contributed by atoms with E-state index in [0.29, 0.717) is 29.9 Å². The first kappa shape index (κ1) is 16.6. The second-order valence-corrected chi connectivity index (χ2v) is 6.42. The van der Waals surface area contributed by atoms with Crippen molar-refractivity contribution in [2.24, 2.45) is 0 Å². The second-order valence-electron chi connectivity index (χ2n) is 6.42. The Morgan fingerprint density at radius 2 is 2.25 bits per heavy atom. The molecule has 0 saturated heterocycles. The normalized spacial score (nSPS) is 16.7. The lowest BCUT2D eigenvalue weighted by molar-refractivity contribution is 0.0646. The molecule has 1 aliphatic rings. The van der Waals surface area contributed by atoms with Gasteiger partial charge in [-0.15, -0.1) is 0 Å². The maximum absolute atomic E-state index is 13.4. The first-order chi connectivity index (χ1) is 13.6. The summed E-state index contributed by atoms with van der Waals surface area (Å²) in [6.07, 6.45) is 3.81. The lowest BCUT2D eigenvalue weighted by Gasteiger charge is -2.32. The van der Waals surface area contributed by atoms with E-state index in [1.165, 1.54) is 29.1 Å². The Kier molecular flexibility index (Phi) is 3.71. The van der Waals surface area contributed by atoms with E-state index in [1.807, 2.05) is 0 Å². The Hall–Kier alpha value is -3.56. The summed E-state index contributed by atoms with van der Waals surface area (Å²) in [5, 5.41) is 4.46. The third-order valence-corrected chi connectivity index (χ3v) is 4.87. The predicted molar refractivity (Wildman–Crippen MR) is 91.8 cm³/mol. The molecule has 1 unspecified atom stereocenters. The molecule has 10 heteroatoms. The third-order valence-electron chi connectivity index (χ3n) is 4.87. The van der Waals surface area contributed by atoms with Gasteiger partial charge in [0.05, 0.1) is 29.4 Å². The molecule has 5 heterocycles. The number of nitrogens with one attached hydrogen (secondary N) is 1. The second kappa shape index (κ2) is 6.25. The molecule has 28 heavy (non-hydrogen) atoms. The minimum atomic E-state index is -2.63. The number of aromatic amines is 1. The Balaban J connectivity index is 1.65. The van der Waals surface area contributed by atoms with Gasteiger partial charge < -0.3 is 14.3 Å². The number of carbonyl (C=O) groups is 1. The van der Waals surface area contributed by atoms with Crippen molar-refractivity contribution in [1.82, 2.24) is 29.5 Å². The quantitative estimate of drug-likeness (QED) is 0.586. The number of oxazole rings is 1. The van der Waals surface area contributed by atoms with Crippen LogP contribution in [-0.2, 0) is 6.42 Å². The summed E-state index contributed by atoms with van der Waals surface area (Å²) >= 11 is 0. The molecule has 0 aromatic carbocycles. The van der Waals surface area contributed by atoms with E-state index in [9.17, 15) is 13.6 Å². The van der Waals surface area contributed by atoms with Crippen LogP contribution in [0, 0.1) is 0 Å². The van der Waals surface area contributed by atoms with Gasteiger partial charge >= 0.3 is 5.91 Å². The number of amides is 1. The van der Waals surface area contributed by atoms with Crippen LogP contribution >= 0.6 is 0 Å². The number of carbonyl (C=O) groups excluding carboxylic acids is 1. The zero-order valence-electron chi connectivity index (χ0n) is 14.4. The summed E-state index contributed by atoms with van der Waals surface area (Å²) in [5.74, 6) is -0.448. The Labute approximate surface area is 156 Å². The third kappa shape index (κ3) is 2.48. The van der Waals surface area contributed by atoms with Gasteiger partial charge in [-0.1, -0.05) is 0 Å². The number of halogens is 2. The number of fused-ring (bicyclic) bond motifs is 2. The standard InChI is InChI=1S/C18H14F2N6O2/c19-16(20)10-2-1-5-26-13(10)8-12(24-26)15-14-11(22-9-23-14)3-6-25(15)18(27)17-21-4-7-28-17/h1-2,4-5,7-9,15-16H,3,6H2,(H,22,23). The Bertz CT molecular complexity index is 1150. The number of imidazole rings is 1. The minimum Gasteiger partial charge on any atom is -0.441 e. The maximum atomic E-state index is 13.4. The SMILES string of the molecule is O=C(c1ncco1)N1CCc2[nH]cnc2C1c1cc2c(C(F)F)cccn2n1. The van der Waals surface area contributed by atoms with Gasteiger partial charge in [-0.2, -0.15) is 5.10 Å². The molecule has 5 rings (SSSR count). The van der Waals surface area contributed by atoms with Crippen LogP contribution in [0.2, 0.25) is 0 Å². The van der Waals surface area contributed by atoms with E-state index in [1.54, 1.807) is 23.5 Å². The summed E-state index contributed by atoms with van der Waals surface area (Å²) < 4.78 is 33.3. The number of hydrogen-bond acceptors (Lipinski definition) is 5. The van der Waals surface area contributed by atoms with E-state index in [2.05, 4.69) is 20.1 Å². The highest BCUT2D eigenvalue weighted by Gasteiger charge is 2.37. The van der Waals surface area contributed by atoms with Crippen LogP contribution in [0.3, 0.4) is 0 Å². The molecule has 4 aromatic heterocycles. The monoisotopic (exact) mass is 384 g/mol. The molecule has 0 spiro atoms. The van der Waals surface area contributed by atoms with Crippen LogP contribution in [0.5, 0.6) is 0 Å². The van der Waals surface area contributed by atoms with Crippen molar-refractivity contribution in [3.05, 3.63) is 71.7 Å². The van der Waals surface area contributed by atoms with Gasteiger partial charge in [0.15, 0.2) is 0 Å². The van der Waals surface area contributed by atoms with Crippen LogP contribution in [0.15, 0.2) is 47.6 Å². The maximum Gasteiger partial charge on any atom is 0.310 e. The summed E-state index contributed by atoms with van der Waals surface area (Å²) in [4.78, 5) is 25.9. The predicted octanol–water partition coefficient (Wildman–Crippen LogP) is 2.77. The van der Waals surface area contributed by atoms with Crippen molar-refractivity contribution in [3.8, 4) is 0 Å². The van der Waals surface area contributed by atoms with Gasteiger partial charge in [0.25, 0.3) is 12.3 Å². The number of rotatable bonds is 3. The fourth-order valence-corrected chi connectivity index (χ4v) is 3.62. The molecule has 1 atom stereocenters. The summed E-state index contributed by atoms with van der Waals surface area (Å²) in [5.41, 5.74) is 2.13. The van der Waals surface area contributed by atoms with Crippen molar-refractivity contribution in [3.63, 3.8) is 0 Å². The fraction of sp³-hybridized carbons (Fsp3) is 0.222. The van der Waals surface area contributed by atoms with Crippen molar-refractivity contribution in [2.45, 2.75) is 18.9 Å². The van der Waals surface area contributed by atoms with Crippen molar-refractivity contribution in [2.75, 3.05) is 6.54 Å². The van der Waals surface area contributed by atoms with E-state index in [0.717, 1.165) is 5.69 Å². The molecule has 0 radical (unpaired) electrons. The fourth-order valence-electron chi connectivity index (χ4n) is 3.62. The molecule has 1 N–H and O–H groups in total. The van der Waals surface area contributed by atoms with Crippen LogP contribution in [-0.4, -0.2) is 41.9 Å². The molecule has 0 saturated carbocycles. The van der Waals surface area contributed by atoms with Gasteiger partial charge in [-0.25, -0.2) is 23.3 Å².